The van der Waals surface area contributed by atoms with Gasteiger partial charge in [0.1, 0.15) is 0 Å². The van der Waals surface area contributed by atoms with E-state index in [-0.39, 0.29) is 5.91 Å². The zero-order valence-electron chi connectivity index (χ0n) is 8.42. The summed E-state index contributed by atoms with van der Waals surface area (Å²) in [6.45, 7) is 7.44. The summed E-state index contributed by atoms with van der Waals surface area (Å²) in [5.74, 6) is -0.0130. The summed E-state index contributed by atoms with van der Waals surface area (Å²) in [6.07, 6.45) is 3.66. The number of carbonyl (C=O) groups excluding carboxylic acids is 1. The van der Waals surface area contributed by atoms with Gasteiger partial charge in [-0.2, -0.15) is 0 Å². The fourth-order valence-corrected chi connectivity index (χ4v) is 0.835. The van der Waals surface area contributed by atoms with E-state index in [9.17, 15) is 4.79 Å². The second-order valence-corrected chi connectivity index (χ2v) is 2.26. The van der Waals surface area contributed by atoms with Crippen LogP contribution in [0.1, 0.15) is 13.3 Å². The number of likely N-dealkylation sites (N-methyl/N-ethyl adjacent to an activating group) is 1. The zero-order valence-corrected chi connectivity index (χ0v) is 9.18. The second kappa shape index (κ2) is 11.5. The number of hydrogen-bond donors (Lipinski definition) is 1. The minimum Gasteiger partial charge on any atom is -0.339 e. The highest BCUT2D eigenvalue weighted by Crippen LogP contribution is 1.91. The van der Waals surface area contributed by atoms with Gasteiger partial charge in [-0.05, 0) is 26.0 Å². The molecule has 3 nitrogen and oxygen atoms in total. The SMILES string of the molecule is C=CC(=O)N(CC)CCCN.CCl. The van der Waals surface area contributed by atoms with Crippen LogP contribution in [0, 0.1) is 0 Å². The normalized spacial score (nSPS) is 8.31. The minimum atomic E-state index is -0.0130. The summed E-state index contributed by atoms with van der Waals surface area (Å²) >= 11 is 4.64. The molecule has 0 saturated heterocycles. The Bertz CT molecular complexity index is 140. The van der Waals surface area contributed by atoms with Crippen molar-refractivity contribution in [1.82, 2.24) is 4.90 Å². The maximum absolute atomic E-state index is 11.0. The Balaban J connectivity index is 0. The lowest BCUT2D eigenvalue weighted by Crippen LogP contribution is -2.31. The first kappa shape index (κ1) is 15.0. The van der Waals surface area contributed by atoms with Crippen molar-refractivity contribution in [3.8, 4) is 0 Å². The lowest BCUT2D eigenvalue weighted by Gasteiger charge is -2.17. The summed E-state index contributed by atoms with van der Waals surface area (Å²) in [5.41, 5.74) is 5.31. The summed E-state index contributed by atoms with van der Waals surface area (Å²) in [5, 5.41) is 0. The maximum Gasteiger partial charge on any atom is 0.245 e. The molecule has 13 heavy (non-hydrogen) atoms. The van der Waals surface area contributed by atoms with E-state index in [1.165, 1.54) is 12.5 Å². The highest BCUT2D eigenvalue weighted by atomic mass is 35.5. The van der Waals surface area contributed by atoms with Gasteiger partial charge in [0.25, 0.3) is 0 Å². The molecular weight excluding hydrogens is 188 g/mol. The standard InChI is InChI=1S/C8H16N2O.CH3Cl/c1-3-8(11)10(4-2)7-5-6-9;1-2/h3H,1,4-7,9H2,2H3;1H3. The molecule has 78 valence electrons. The van der Waals surface area contributed by atoms with Gasteiger partial charge in [0.2, 0.25) is 5.91 Å². The van der Waals surface area contributed by atoms with Crippen molar-refractivity contribution in [2.24, 2.45) is 5.73 Å². The van der Waals surface area contributed by atoms with Crippen molar-refractivity contribution in [3.05, 3.63) is 12.7 Å². The first-order chi connectivity index (χ1) is 6.26. The number of nitrogens with two attached hydrogens (primary N) is 1. The van der Waals surface area contributed by atoms with Gasteiger partial charge < -0.3 is 10.6 Å². The molecule has 0 atom stereocenters. The molecule has 0 heterocycles. The third-order valence-corrected chi connectivity index (χ3v) is 1.50. The van der Waals surface area contributed by atoms with Crippen molar-refractivity contribution in [2.75, 3.05) is 26.0 Å². The quantitative estimate of drug-likeness (QED) is 0.543. The largest absolute Gasteiger partial charge is 0.339 e. The van der Waals surface area contributed by atoms with Gasteiger partial charge in [0.05, 0.1) is 0 Å². The molecule has 0 spiro atoms. The van der Waals surface area contributed by atoms with Gasteiger partial charge in [0, 0.05) is 19.5 Å². The molecule has 0 aliphatic rings. The van der Waals surface area contributed by atoms with E-state index in [4.69, 9.17) is 5.73 Å². The number of halogens is 1. The number of alkyl halides is 1. The van der Waals surface area contributed by atoms with Crippen molar-refractivity contribution in [1.29, 1.82) is 0 Å². The fourth-order valence-electron chi connectivity index (χ4n) is 0.835. The van der Waals surface area contributed by atoms with Gasteiger partial charge in [0.15, 0.2) is 0 Å². The molecular formula is C9H19ClN2O. The van der Waals surface area contributed by atoms with Crippen LogP contribution in [0.15, 0.2) is 12.7 Å². The molecule has 0 fully saturated rings. The van der Waals surface area contributed by atoms with Gasteiger partial charge in [-0.15, -0.1) is 11.6 Å². The third-order valence-electron chi connectivity index (χ3n) is 1.50. The zero-order chi connectivity index (χ0) is 10.7. The average Bonchev–Trinajstić information content (AvgIpc) is 2.21. The van der Waals surface area contributed by atoms with Gasteiger partial charge in [-0.25, -0.2) is 0 Å². The second-order valence-electron chi connectivity index (χ2n) is 2.26. The number of amides is 1. The molecule has 0 aliphatic heterocycles. The van der Waals surface area contributed by atoms with E-state index in [1.54, 1.807) is 4.90 Å². The Morgan fingerprint density at radius 2 is 2.15 bits per heavy atom. The fraction of sp³-hybridized carbons (Fsp3) is 0.667. The van der Waals surface area contributed by atoms with E-state index in [1.807, 2.05) is 6.92 Å². The number of nitrogens with zero attached hydrogens (tertiary/aromatic N) is 1. The molecule has 0 unspecified atom stereocenters. The monoisotopic (exact) mass is 206 g/mol. The minimum absolute atomic E-state index is 0.0130. The first-order valence-electron chi connectivity index (χ1n) is 4.25. The van der Waals surface area contributed by atoms with Crippen LogP contribution in [0.4, 0.5) is 0 Å². The van der Waals surface area contributed by atoms with Crippen LogP contribution in [-0.2, 0) is 4.79 Å². The Kier molecular flexibility index (Phi) is 13.2. The Labute approximate surface area is 85.5 Å². The van der Waals surface area contributed by atoms with Crippen LogP contribution in [0.3, 0.4) is 0 Å². The molecule has 0 aromatic rings. The predicted molar refractivity (Wildman–Crippen MR) is 57.9 cm³/mol. The average molecular weight is 207 g/mol. The molecule has 2 N–H and O–H groups in total. The summed E-state index contributed by atoms with van der Waals surface area (Å²) < 4.78 is 0. The lowest BCUT2D eigenvalue weighted by atomic mass is 10.3. The van der Waals surface area contributed by atoms with E-state index < -0.39 is 0 Å². The summed E-state index contributed by atoms with van der Waals surface area (Å²) in [7, 11) is 0. The molecule has 4 heteroatoms. The summed E-state index contributed by atoms with van der Waals surface area (Å²) in [6, 6.07) is 0. The highest BCUT2D eigenvalue weighted by Gasteiger charge is 2.04. The van der Waals surface area contributed by atoms with Crippen molar-refractivity contribution < 1.29 is 4.79 Å². The highest BCUT2D eigenvalue weighted by molar-refractivity contribution is 6.15. The van der Waals surface area contributed by atoms with Crippen LogP contribution >= 0.6 is 11.6 Å². The first-order valence-corrected chi connectivity index (χ1v) is 5.01. The van der Waals surface area contributed by atoms with Crippen LogP contribution < -0.4 is 5.73 Å². The van der Waals surface area contributed by atoms with Gasteiger partial charge in [-0.3, -0.25) is 4.79 Å². The van der Waals surface area contributed by atoms with E-state index in [2.05, 4.69) is 18.2 Å². The van der Waals surface area contributed by atoms with Crippen LogP contribution in [-0.4, -0.2) is 36.8 Å². The molecule has 0 rings (SSSR count). The van der Waals surface area contributed by atoms with E-state index in [0.717, 1.165) is 19.5 Å². The van der Waals surface area contributed by atoms with Crippen LogP contribution in [0.2, 0.25) is 0 Å². The number of rotatable bonds is 5. The van der Waals surface area contributed by atoms with Crippen molar-refractivity contribution in [2.45, 2.75) is 13.3 Å². The maximum atomic E-state index is 11.0. The third kappa shape index (κ3) is 7.81. The van der Waals surface area contributed by atoms with Crippen LogP contribution in [0.5, 0.6) is 0 Å². The Morgan fingerprint density at radius 3 is 2.46 bits per heavy atom. The molecule has 0 aromatic carbocycles. The molecule has 0 aromatic heterocycles. The molecule has 0 aliphatic carbocycles. The number of carbonyl (C=O) groups is 1. The van der Waals surface area contributed by atoms with Crippen LogP contribution in [0.25, 0.3) is 0 Å². The lowest BCUT2D eigenvalue weighted by molar-refractivity contribution is -0.125. The van der Waals surface area contributed by atoms with E-state index in [0.29, 0.717) is 6.54 Å². The molecule has 0 saturated carbocycles. The topological polar surface area (TPSA) is 46.3 Å². The van der Waals surface area contributed by atoms with Crippen molar-refractivity contribution in [3.63, 3.8) is 0 Å². The van der Waals surface area contributed by atoms with Gasteiger partial charge >= 0.3 is 0 Å². The van der Waals surface area contributed by atoms with Gasteiger partial charge in [-0.1, -0.05) is 6.58 Å². The summed E-state index contributed by atoms with van der Waals surface area (Å²) in [4.78, 5) is 12.7. The smallest absolute Gasteiger partial charge is 0.245 e. The Morgan fingerprint density at radius 1 is 1.62 bits per heavy atom. The molecule has 1 amide bonds. The predicted octanol–water partition coefficient (Wildman–Crippen LogP) is 1.22. The Hall–Kier alpha value is -0.540. The number of hydrogen-bond acceptors (Lipinski definition) is 2. The molecule has 0 bridgehead atoms. The van der Waals surface area contributed by atoms with Crippen molar-refractivity contribution >= 4 is 17.5 Å². The van der Waals surface area contributed by atoms with E-state index >= 15 is 0 Å². The molecule has 0 radical (unpaired) electrons.